The molecule has 0 aliphatic carbocycles. The van der Waals surface area contributed by atoms with E-state index in [1.165, 1.54) is 0 Å². The molecular formula is C12H14ClIN4O. The number of piperazine rings is 1. The maximum absolute atomic E-state index is 12.5. The first kappa shape index (κ1) is 13.4. The molecule has 1 aromatic heterocycles. The van der Waals surface area contributed by atoms with Gasteiger partial charge in [-0.25, -0.2) is 8.10 Å². The zero-order valence-electron chi connectivity index (χ0n) is 10.7. The van der Waals surface area contributed by atoms with Crippen molar-refractivity contribution < 1.29 is 4.79 Å². The van der Waals surface area contributed by atoms with Crippen molar-refractivity contribution in [2.24, 2.45) is 0 Å². The molecule has 1 unspecified atom stereocenters. The van der Waals surface area contributed by atoms with Crippen molar-refractivity contribution in [2.45, 2.75) is 13.0 Å². The summed E-state index contributed by atoms with van der Waals surface area (Å²) in [4.78, 5) is 20.7. The molecule has 3 rings (SSSR count). The summed E-state index contributed by atoms with van der Waals surface area (Å²) in [5, 5.41) is 0.511. The fourth-order valence-corrected chi connectivity index (χ4v) is 3.31. The number of aryl methyl sites for hydroxylation is 1. The van der Waals surface area contributed by atoms with E-state index in [0.717, 1.165) is 36.7 Å². The minimum Gasteiger partial charge on any atom is -0.340 e. The third kappa shape index (κ3) is 2.09. The molecule has 0 spiro atoms. The largest absolute Gasteiger partial charge is 0.340 e. The lowest BCUT2D eigenvalue weighted by Crippen LogP contribution is -2.60. The van der Waals surface area contributed by atoms with Gasteiger partial charge in [0.1, 0.15) is 11.2 Å². The topological polar surface area (TPSA) is 39.7 Å². The molecule has 1 atom stereocenters. The van der Waals surface area contributed by atoms with Gasteiger partial charge in [-0.05, 0) is 18.6 Å². The van der Waals surface area contributed by atoms with Crippen molar-refractivity contribution in [1.29, 1.82) is 0 Å². The quantitative estimate of drug-likeness (QED) is 0.384. The highest BCUT2D eigenvalue weighted by molar-refractivity contribution is 14.1. The van der Waals surface area contributed by atoms with E-state index in [2.05, 4.69) is 35.9 Å². The molecular weight excluding hydrogens is 379 g/mol. The van der Waals surface area contributed by atoms with Crippen LogP contribution in [0.2, 0.25) is 5.15 Å². The number of halogens is 2. The summed E-state index contributed by atoms with van der Waals surface area (Å²) in [6.07, 6.45) is 0. The highest BCUT2D eigenvalue weighted by Gasteiger charge is 2.40. The Bertz CT molecular complexity index is 553. The molecule has 1 amide bonds. The van der Waals surface area contributed by atoms with Gasteiger partial charge >= 0.3 is 0 Å². The van der Waals surface area contributed by atoms with E-state index < -0.39 is 0 Å². The maximum atomic E-state index is 12.5. The second-order valence-corrected chi connectivity index (χ2v) is 6.64. The van der Waals surface area contributed by atoms with Crippen LogP contribution in [0.1, 0.15) is 5.56 Å². The van der Waals surface area contributed by atoms with Crippen LogP contribution in [0.25, 0.3) is 0 Å². The van der Waals surface area contributed by atoms with Gasteiger partial charge in [0.25, 0.3) is 5.91 Å². The molecule has 1 aromatic rings. The number of carbonyl (C=O) groups excluding carboxylic acids is 1. The number of amides is 1. The highest BCUT2D eigenvalue weighted by Crippen LogP contribution is 2.37. The third-order valence-corrected chi connectivity index (χ3v) is 4.95. The van der Waals surface area contributed by atoms with E-state index in [1.807, 2.05) is 13.0 Å². The third-order valence-electron chi connectivity index (χ3n) is 3.69. The molecule has 0 radical (unpaired) electrons. The lowest BCUT2D eigenvalue weighted by molar-refractivity contribution is -0.120. The van der Waals surface area contributed by atoms with Crippen LogP contribution >= 0.6 is 34.5 Å². The van der Waals surface area contributed by atoms with Gasteiger partial charge in [-0.2, -0.15) is 0 Å². The molecule has 7 heteroatoms. The molecule has 5 nitrogen and oxygen atoms in total. The van der Waals surface area contributed by atoms with E-state index in [4.69, 9.17) is 11.6 Å². The van der Waals surface area contributed by atoms with Crippen molar-refractivity contribution in [3.05, 3.63) is 16.8 Å². The SMILES string of the molecule is Cc1cc2c(nc1Cl)N1CCN(I)CC1C(=O)N2C. The van der Waals surface area contributed by atoms with Crippen LogP contribution in [-0.4, -0.2) is 46.7 Å². The number of fused-ring (bicyclic) bond motifs is 3. The standard InChI is InChI=1S/C12H14ClIN4O/c1-7-5-8-11(15-10(7)13)18-4-3-17(14)6-9(18)12(19)16(8)2/h5,9H,3-4,6H2,1-2H3. The van der Waals surface area contributed by atoms with Crippen molar-refractivity contribution in [3.8, 4) is 0 Å². The number of carbonyl (C=O) groups is 1. The minimum atomic E-state index is -0.158. The van der Waals surface area contributed by atoms with Gasteiger partial charge < -0.3 is 9.80 Å². The van der Waals surface area contributed by atoms with E-state index in [1.54, 1.807) is 11.9 Å². The molecule has 102 valence electrons. The number of hydrogen-bond donors (Lipinski definition) is 0. The molecule has 19 heavy (non-hydrogen) atoms. The number of pyridine rings is 1. The average Bonchev–Trinajstić information content (AvgIpc) is 2.38. The van der Waals surface area contributed by atoms with Crippen molar-refractivity contribution in [3.63, 3.8) is 0 Å². The predicted molar refractivity (Wildman–Crippen MR) is 84.1 cm³/mol. The van der Waals surface area contributed by atoms with E-state index >= 15 is 0 Å². The van der Waals surface area contributed by atoms with Gasteiger partial charge in [-0.3, -0.25) is 4.79 Å². The fourth-order valence-electron chi connectivity index (χ4n) is 2.58. The fraction of sp³-hybridized carbons (Fsp3) is 0.500. The zero-order chi connectivity index (χ0) is 13.7. The predicted octanol–water partition coefficient (Wildman–Crippen LogP) is 1.86. The summed E-state index contributed by atoms with van der Waals surface area (Å²) in [6, 6.07) is 1.78. The molecule has 2 aliphatic rings. The van der Waals surface area contributed by atoms with Crippen molar-refractivity contribution in [1.82, 2.24) is 8.10 Å². The molecule has 0 aromatic carbocycles. The van der Waals surface area contributed by atoms with Crippen LogP contribution in [0.15, 0.2) is 6.07 Å². The van der Waals surface area contributed by atoms with Crippen LogP contribution in [0.4, 0.5) is 11.5 Å². The lowest BCUT2D eigenvalue weighted by Gasteiger charge is -2.45. The second-order valence-electron chi connectivity index (χ2n) is 4.91. The Hall–Kier alpha value is -0.600. The number of hydrogen-bond acceptors (Lipinski definition) is 4. The summed E-state index contributed by atoms with van der Waals surface area (Å²) < 4.78 is 2.14. The van der Waals surface area contributed by atoms with Gasteiger partial charge in [0.05, 0.1) is 5.69 Å². The highest BCUT2D eigenvalue weighted by atomic mass is 127. The van der Waals surface area contributed by atoms with Crippen LogP contribution in [0.5, 0.6) is 0 Å². The molecule has 1 fully saturated rings. The molecule has 1 saturated heterocycles. The van der Waals surface area contributed by atoms with E-state index in [-0.39, 0.29) is 11.9 Å². The van der Waals surface area contributed by atoms with Gasteiger partial charge in [0, 0.05) is 49.5 Å². The van der Waals surface area contributed by atoms with Crippen LogP contribution in [-0.2, 0) is 4.79 Å². The Kier molecular flexibility index (Phi) is 3.34. The minimum absolute atomic E-state index is 0.123. The van der Waals surface area contributed by atoms with Crippen LogP contribution in [0.3, 0.4) is 0 Å². The molecule has 3 heterocycles. The summed E-state index contributed by atoms with van der Waals surface area (Å²) in [6.45, 7) is 4.34. The number of nitrogens with zero attached hydrogens (tertiary/aromatic N) is 4. The lowest BCUT2D eigenvalue weighted by atomic mass is 10.1. The van der Waals surface area contributed by atoms with Gasteiger partial charge in [-0.1, -0.05) is 11.6 Å². The molecule has 0 bridgehead atoms. The Morgan fingerprint density at radius 3 is 2.95 bits per heavy atom. The zero-order valence-corrected chi connectivity index (χ0v) is 13.6. The summed E-state index contributed by atoms with van der Waals surface area (Å²) in [5.41, 5.74) is 1.75. The summed E-state index contributed by atoms with van der Waals surface area (Å²) >= 11 is 8.40. The Morgan fingerprint density at radius 2 is 2.21 bits per heavy atom. The first-order chi connectivity index (χ1) is 8.99. The van der Waals surface area contributed by atoms with Crippen LogP contribution < -0.4 is 9.80 Å². The Balaban J connectivity index is 2.12. The monoisotopic (exact) mass is 392 g/mol. The molecule has 0 saturated carbocycles. The number of likely N-dealkylation sites (N-methyl/N-ethyl adjacent to an activating group) is 1. The number of rotatable bonds is 0. The van der Waals surface area contributed by atoms with Crippen molar-refractivity contribution >= 4 is 51.9 Å². The normalized spacial score (nSPS) is 23.4. The summed E-state index contributed by atoms with van der Waals surface area (Å²) in [5.74, 6) is 0.949. The van der Waals surface area contributed by atoms with Gasteiger partial charge in [0.2, 0.25) is 0 Å². The van der Waals surface area contributed by atoms with Gasteiger partial charge in [0.15, 0.2) is 5.82 Å². The first-order valence-corrected chi connectivity index (χ1v) is 7.45. The smallest absolute Gasteiger partial charge is 0.250 e. The van der Waals surface area contributed by atoms with E-state index in [9.17, 15) is 4.79 Å². The van der Waals surface area contributed by atoms with Gasteiger partial charge in [-0.15, -0.1) is 0 Å². The Morgan fingerprint density at radius 1 is 1.47 bits per heavy atom. The van der Waals surface area contributed by atoms with Crippen molar-refractivity contribution in [2.75, 3.05) is 36.5 Å². The Labute approximate surface area is 131 Å². The molecule has 0 N–H and O–H groups in total. The maximum Gasteiger partial charge on any atom is 0.250 e. The average molecular weight is 393 g/mol. The number of aromatic nitrogens is 1. The second kappa shape index (κ2) is 4.75. The van der Waals surface area contributed by atoms with E-state index in [0.29, 0.717) is 5.15 Å². The molecule has 2 aliphatic heterocycles. The summed E-state index contributed by atoms with van der Waals surface area (Å²) in [7, 11) is 1.81. The number of anilines is 2. The van der Waals surface area contributed by atoms with Crippen LogP contribution in [0, 0.1) is 6.92 Å². The first-order valence-electron chi connectivity index (χ1n) is 6.11.